The quantitative estimate of drug-likeness (QED) is 0.649. The summed E-state index contributed by atoms with van der Waals surface area (Å²) >= 11 is 0. The molecule has 1 heterocycles. The first kappa shape index (κ1) is 18.1. The summed E-state index contributed by atoms with van der Waals surface area (Å²) in [6.45, 7) is 3.05. The third-order valence-corrected chi connectivity index (χ3v) is 4.10. The molecule has 0 fully saturated rings. The number of halogens is 2. The van der Waals surface area contributed by atoms with Gasteiger partial charge < -0.3 is 20.1 Å². The van der Waals surface area contributed by atoms with Crippen molar-refractivity contribution in [2.24, 2.45) is 4.99 Å². The number of fused-ring (bicyclic) bond motifs is 1. The Balaban J connectivity index is 1.62. The maximum absolute atomic E-state index is 13.8. The molecule has 0 spiro atoms. The van der Waals surface area contributed by atoms with Crippen LogP contribution in [0.5, 0.6) is 5.75 Å². The van der Waals surface area contributed by atoms with Crippen molar-refractivity contribution in [1.29, 1.82) is 0 Å². The van der Waals surface area contributed by atoms with Crippen molar-refractivity contribution in [1.82, 2.24) is 10.6 Å². The summed E-state index contributed by atoms with van der Waals surface area (Å²) in [5, 5.41) is 6.29. The summed E-state index contributed by atoms with van der Waals surface area (Å²) in [7, 11) is 1.65. The third-order valence-electron chi connectivity index (χ3n) is 4.10. The highest BCUT2D eigenvalue weighted by atomic mass is 19.1. The minimum absolute atomic E-state index is 0.155. The molecule has 1 aliphatic rings. The van der Waals surface area contributed by atoms with Crippen LogP contribution in [-0.4, -0.2) is 19.8 Å². The number of nitrogens with zero attached hydrogens (tertiary/aromatic N) is 1. The molecule has 138 valence electrons. The largest absolute Gasteiger partial charge is 0.467 e. The average Bonchev–Trinajstić information content (AvgIpc) is 2.64. The summed E-state index contributed by atoms with van der Waals surface area (Å²) in [5.74, 6) is 0.641. The second-order valence-corrected chi connectivity index (χ2v) is 6.03. The van der Waals surface area contributed by atoms with Gasteiger partial charge in [-0.2, -0.15) is 0 Å². The van der Waals surface area contributed by atoms with Crippen LogP contribution in [0.15, 0.2) is 35.3 Å². The van der Waals surface area contributed by atoms with E-state index >= 15 is 0 Å². The van der Waals surface area contributed by atoms with E-state index < -0.39 is 0 Å². The lowest BCUT2D eigenvalue weighted by Gasteiger charge is -2.21. The molecule has 2 aromatic rings. The van der Waals surface area contributed by atoms with E-state index in [4.69, 9.17) is 9.47 Å². The first-order valence-electron chi connectivity index (χ1n) is 8.28. The summed E-state index contributed by atoms with van der Waals surface area (Å²) < 4.78 is 37.8. The summed E-state index contributed by atoms with van der Waals surface area (Å²) in [6.07, 6.45) is 0. The fraction of sp³-hybridized carbons (Fsp3) is 0.316. The molecule has 7 heteroatoms. The molecule has 0 amide bonds. The van der Waals surface area contributed by atoms with Crippen molar-refractivity contribution in [3.8, 4) is 5.75 Å². The van der Waals surface area contributed by atoms with Crippen LogP contribution in [0.3, 0.4) is 0 Å². The minimum Gasteiger partial charge on any atom is -0.467 e. The van der Waals surface area contributed by atoms with Crippen LogP contribution in [0.2, 0.25) is 0 Å². The zero-order valence-electron chi connectivity index (χ0n) is 14.7. The Hall–Kier alpha value is -2.67. The molecule has 3 rings (SSSR count). The Kier molecular flexibility index (Phi) is 5.68. The van der Waals surface area contributed by atoms with Gasteiger partial charge in [-0.25, -0.2) is 8.78 Å². The van der Waals surface area contributed by atoms with E-state index in [0.717, 1.165) is 5.56 Å². The Morgan fingerprint density at radius 1 is 1.15 bits per heavy atom. The van der Waals surface area contributed by atoms with E-state index in [0.29, 0.717) is 48.1 Å². The lowest BCUT2D eigenvalue weighted by atomic mass is 10.1. The van der Waals surface area contributed by atoms with Gasteiger partial charge in [0.2, 0.25) is 0 Å². The van der Waals surface area contributed by atoms with Crippen molar-refractivity contribution in [2.75, 3.05) is 13.8 Å². The van der Waals surface area contributed by atoms with E-state index in [-0.39, 0.29) is 18.4 Å². The van der Waals surface area contributed by atoms with E-state index in [9.17, 15) is 8.78 Å². The van der Waals surface area contributed by atoms with Crippen molar-refractivity contribution in [2.45, 2.75) is 26.6 Å². The predicted molar refractivity (Wildman–Crippen MR) is 94.9 cm³/mol. The molecular weight excluding hydrogens is 340 g/mol. The summed E-state index contributed by atoms with van der Waals surface area (Å²) in [6, 6.07) is 7.81. The van der Waals surface area contributed by atoms with Gasteiger partial charge in [-0.3, -0.25) is 4.99 Å². The van der Waals surface area contributed by atoms with Crippen LogP contribution < -0.4 is 15.4 Å². The van der Waals surface area contributed by atoms with Crippen molar-refractivity contribution >= 4 is 5.96 Å². The molecule has 0 aliphatic carbocycles. The smallest absolute Gasteiger partial charge is 0.191 e. The number of ether oxygens (including phenoxy) is 2. The van der Waals surface area contributed by atoms with Crippen LogP contribution in [0.25, 0.3) is 0 Å². The van der Waals surface area contributed by atoms with Crippen LogP contribution >= 0.6 is 0 Å². The van der Waals surface area contributed by atoms with Gasteiger partial charge in [-0.1, -0.05) is 12.1 Å². The summed E-state index contributed by atoms with van der Waals surface area (Å²) in [4.78, 5) is 4.15. The normalized spacial score (nSPS) is 13.8. The number of rotatable bonds is 4. The first-order chi connectivity index (χ1) is 12.6. The van der Waals surface area contributed by atoms with Crippen molar-refractivity contribution < 1.29 is 18.3 Å². The zero-order chi connectivity index (χ0) is 18.5. The molecule has 0 saturated carbocycles. The molecule has 0 aromatic heterocycles. The number of hydrogen-bond acceptors (Lipinski definition) is 3. The van der Waals surface area contributed by atoms with Crippen molar-refractivity contribution in [3.63, 3.8) is 0 Å². The molecule has 0 unspecified atom stereocenters. The molecule has 2 N–H and O–H groups in total. The molecular formula is C19H21F2N3O2. The Morgan fingerprint density at radius 3 is 2.73 bits per heavy atom. The fourth-order valence-corrected chi connectivity index (χ4v) is 2.79. The van der Waals surface area contributed by atoms with Gasteiger partial charge in [0.25, 0.3) is 0 Å². The number of nitrogens with one attached hydrogen (secondary N) is 2. The first-order valence-corrected chi connectivity index (χ1v) is 8.28. The van der Waals surface area contributed by atoms with E-state index in [1.165, 1.54) is 18.2 Å². The molecule has 0 atom stereocenters. The van der Waals surface area contributed by atoms with Crippen LogP contribution in [0.1, 0.15) is 22.3 Å². The third kappa shape index (κ3) is 4.29. The van der Waals surface area contributed by atoms with Gasteiger partial charge >= 0.3 is 0 Å². The highest BCUT2D eigenvalue weighted by Gasteiger charge is 2.17. The molecule has 0 radical (unpaired) electrons. The Bertz CT molecular complexity index is 825. The molecule has 5 nitrogen and oxygen atoms in total. The number of hydrogen-bond donors (Lipinski definition) is 2. The molecule has 0 bridgehead atoms. The van der Waals surface area contributed by atoms with Crippen LogP contribution in [0.4, 0.5) is 8.78 Å². The average molecular weight is 361 g/mol. The van der Waals surface area contributed by atoms with Gasteiger partial charge in [0, 0.05) is 31.3 Å². The number of benzene rings is 2. The predicted octanol–water partition coefficient (Wildman–Crippen LogP) is 3.00. The molecule has 26 heavy (non-hydrogen) atoms. The highest BCUT2D eigenvalue weighted by Crippen LogP contribution is 2.29. The van der Waals surface area contributed by atoms with Gasteiger partial charge in [-0.05, 0) is 36.2 Å². The zero-order valence-corrected chi connectivity index (χ0v) is 14.7. The van der Waals surface area contributed by atoms with E-state index in [1.54, 1.807) is 26.1 Å². The fourth-order valence-electron chi connectivity index (χ4n) is 2.79. The highest BCUT2D eigenvalue weighted by molar-refractivity contribution is 5.79. The minimum atomic E-state index is -0.334. The molecule has 0 saturated heterocycles. The lowest BCUT2D eigenvalue weighted by molar-refractivity contribution is -0.0172. The summed E-state index contributed by atoms with van der Waals surface area (Å²) in [5.41, 5.74) is 2.93. The van der Waals surface area contributed by atoms with E-state index in [1.807, 2.05) is 0 Å². The topological polar surface area (TPSA) is 54.9 Å². The van der Waals surface area contributed by atoms with E-state index in [2.05, 4.69) is 15.6 Å². The number of aliphatic imine (C=N–C) groups is 1. The number of guanidine groups is 1. The Morgan fingerprint density at radius 2 is 1.96 bits per heavy atom. The maximum atomic E-state index is 13.8. The molecule has 1 aliphatic heterocycles. The van der Waals surface area contributed by atoms with Crippen LogP contribution in [-0.2, 0) is 24.4 Å². The Labute approximate surface area is 151 Å². The van der Waals surface area contributed by atoms with Gasteiger partial charge in [-0.15, -0.1) is 0 Å². The standard InChI is InChI=1S/C19H21F2N3O2/c1-12-5-13(3-4-17(12)21)8-23-19(22-2)24-9-14-6-16(20)7-15-10-25-11-26-18(14)15/h3-7H,8-11H2,1-2H3,(H2,22,23,24). The second-order valence-electron chi connectivity index (χ2n) is 6.03. The number of aryl methyl sites for hydroxylation is 1. The second kappa shape index (κ2) is 8.14. The SMILES string of the molecule is CN=C(NCc1ccc(F)c(C)c1)NCc1cc(F)cc2c1OCOC2. The molecule has 2 aromatic carbocycles. The lowest BCUT2D eigenvalue weighted by Crippen LogP contribution is -2.36. The van der Waals surface area contributed by atoms with Crippen LogP contribution in [0, 0.1) is 18.6 Å². The van der Waals surface area contributed by atoms with Gasteiger partial charge in [0.05, 0.1) is 6.61 Å². The van der Waals surface area contributed by atoms with Gasteiger partial charge in [0.1, 0.15) is 17.4 Å². The van der Waals surface area contributed by atoms with Gasteiger partial charge in [0.15, 0.2) is 12.8 Å². The maximum Gasteiger partial charge on any atom is 0.191 e. The van der Waals surface area contributed by atoms with Crippen molar-refractivity contribution in [3.05, 3.63) is 64.2 Å². The monoisotopic (exact) mass is 361 g/mol.